The van der Waals surface area contributed by atoms with Gasteiger partial charge >= 0.3 is 0 Å². The summed E-state index contributed by atoms with van der Waals surface area (Å²) >= 11 is 0. The summed E-state index contributed by atoms with van der Waals surface area (Å²) in [6.45, 7) is 5.22. The third kappa shape index (κ3) is 2.75. The van der Waals surface area contributed by atoms with Crippen LogP contribution in [0.4, 0.5) is 0 Å². The van der Waals surface area contributed by atoms with Crippen molar-refractivity contribution in [3.63, 3.8) is 0 Å². The summed E-state index contributed by atoms with van der Waals surface area (Å²) in [5.74, 6) is 0. The van der Waals surface area contributed by atoms with Gasteiger partial charge in [0.15, 0.2) is 0 Å². The Hall–Kier alpha value is -1.60. The molecule has 1 nitrogen and oxygen atoms in total. The van der Waals surface area contributed by atoms with E-state index in [1.165, 1.54) is 27.8 Å². The minimum atomic E-state index is 0.916. The standard InChI is InChI=1S/C16H19N/c1-12-5-4-6-15(9-12)16-10-14(11-17-3)8-7-13(16)2/h4-10,17H,11H2,1-3H3. The molecule has 0 aliphatic rings. The molecule has 1 heteroatoms. The second-order valence-electron chi connectivity index (χ2n) is 4.55. The van der Waals surface area contributed by atoms with E-state index in [1.807, 2.05) is 7.05 Å². The molecule has 0 amide bonds. The third-order valence-corrected chi connectivity index (χ3v) is 3.01. The van der Waals surface area contributed by atoms with Crippen LogP contribution in [0, 0.1) is 13.8 Å². The normalized spacial score (nSPS) is 10.5. The van der Waals surface area contributed by atoms with Crippen LogP contribution in [-0.2, 0) is 6.54 Å². The van der Waals surface area contributed by atoms with Crippen LogP contribution in [0.1, 0.15) is 16.7 Å². The van der Waals surface area contributed by atoms with Crippen molar-refractivity contribution in [1.29, 1.82) is 0 Å². The molecule has 1 N–H and O–H groups in total. The zero-order valence-electron chi connectivity index (χ0n) is 10.7. The molecule has 0 saturated heterocycles. The Bertz CT molecular complexity index is 515. The monoisotopic (exact) mass is 225 g/mol. The van der Waals surface area contributed by atoms with Gasteiger partial charge in [0.2, 0.25) is 0 Å². The summed E-state index contributed by atoms with van der Waals surface area (Å²) in [7, 11) is 1.98. The molecule has 0 bridgehead atoms. The highest BCUT2D eigenvalue weighted by atomic mass is 14.8. The van der Waals surface area contributed by atoms with Crippen molar-refractivity contribution in [2.45, 2.75) is 20.4 Å². The van der Waals surface area contributed by atoms with Crippen molar-refractivity contribution in [3.05, 3.63) is 59.2 Å². The van der Waals surface area contributed by atoms with E-state index in [0.717, 1.165) is 6.54 Å². The molecule has 88 valence electrons. The molecule has 0 fully saturated rings. The van der Waals surface area contributed by atoms with E-state index in [0.29, 0.717) is 0 Å². The molecule has 0 unspecified atom stereocenters. The summed E-state index contributed by atoms with van der Waals surface area (Å²) in [5.41, 5.74) is 6.60. The van der Waals surface area contributed by atoms with Crippen LogP contribution in [-0.4, -0.2) is 7.05 Å². The Morgan fingerprint density at radius 1 is 1.00 bits per heavy atom. The highest BCUT2D eigenvalue weighted by Gasteiger charge is 2.03. The summed E-state index contributed by atoms with van der Waals surface area (Å²) in [6.07, 6.45) is 0. The first-order valence-corrected chi connectivity index (χ1v) is 6.02. The van der Waals surface area contributed by atoms with Gasteiger partial charge < -0.3 is 5.32 Å². The summed E-state index contributed by atoms with van der Waals surface area (Å²) in [5, 5.41) is 3.19. The summed E-state index contributed by atoms with van der Waals surface area (Å²) < 4.78 is 0. The van der Waals surface area contributed by atoms with Gasteiger partial charge in [-0.05, 0) is 49.2 Å². The van der Waals surface area contributed by atoms with Crippen LogP contribution in [0.2, 0.25) is 0 Å². The average molecular weight is 225 g/mol. The van der Waals surface area contributed by atoms with Crippen molar-refractivity contribution < 1.29 is 0 Å². The second-order valence-corrected chi connectivity index (χ2v) is 4.55. The maximum atomic E-state index is 3.19. The first-order chi connectivity index (χ1) is 8.20. The Morgan fingerprint density at radius 2 is 1.82 bits per heavy atom. The van der Waals surface area contributed by atoms with Crippen LogP contribution in [0.25, 0.3) is 11.1 Å². The van der Waals surface area contributed by atoms with Crippen LogP contribution in [0.3, 0.4) is 0 Å². The van der Waals surface area contributed by atoms with E-state index in [1.54, 1.807) is 0 Å². The van der Waals surface area contributed by atoms with Gasteiger partial charge in [-0.3, -0.25) is 0 Å². The SMILES string of the molecule is CNCc1ccc(C)c(-c2cccc(C)c2)c1. The van der Waals surface area contributed by atoms with Gasteiger partial charge in [-0.2, -0.15) is 0 Å². The third-order valence-electron chi connectivity index (χ3n) is 3.01. The van der Waals surface area contributed by atoms with Gasteiger partial charge in [-0.25, -0.2) is 0 Å². The number of hydrogen-bond acceptors (Lipinski definition) is 1. The lowest BCUT2D eigenvalue weighted by atomic mass is 9.97. The van der Waals surface area contributed by atoms with Crippen LogP contribution in [0.5, 0.6) is 0 Å². The van der Waals surface area contributed by atoms with Gasteiger partial charge in [-0.1, -0.05) is 42.0 Å². The second kappa shape index (κ2) is 5.15. The molecule has 0 aromatic heterocycles. The molecule has 0 radical (unpaired) electrons. The van der Waals surface area contributed by atoms with Crippen molar-refractivity contribution in [1.82, 2.24) is 5.32 Å². The van der Waals surface area contributed by atoms with E-state index in [9.17, 15) is 0 Å². The van der Waals surface area contributed by atoms with Crippen LogP contribution < -0.4 is 5.32 Å². The van der Waals surface area contributed by atoms with Gasteiger partial charge in [0.1, 0.15) is 0 Å². The lowest BCUT2D eigenvalue weighted by Gasteiger charge is -2.10. The molecule has 0 saturated carbocycles. The maximum absolute atomic E-state index is 3.19. The first-order valence-electron chi connectivity index (χ1n) is 6.02. The van der Waals surface area contributed by atoms with Crippen molar-refractivity contribution in [2.75, 3.05) is 7.05 Å². The molecular weight excluding hydrogens is 206 g/mol. The lowest BCUT2D eigenvalue weighted by Crippen LogP contribution is -2.05. The zero-order valence-corrected chi connectivity index (χ0v) is 10.7. The molecule has 17 heavy (non-hydrogen) atoms. The lowest BCUT2D eigenvalue weighted by molar-refractivity contribution is 0.818. The fraction of sp³-hybridized carbons (Fsp3) is 0.250. The van der Waals surface area contributed by atoms with E-state index >= 15 is 0 Å². The molecule has 0 heterocycles. The predicted molar refractivity (Wildman–Crippen MR) is 74.1 cm³/mol. The highest BCUT2D eigenvalue weighted by Crippen LogP contribution is 2.25. The smallest absolute Gasteiger partial charge is 0.0202 e. The van der Waals surface area contributed by atoms with Crippen LogP contribution >= 0.6 is 0 Å². The minimum Gasteiger partial charge on any atom is -0.316 e. The molecule has 0 aliphatic carbocycles. The summed E-state index contributed by atoms with van der Waals surface area (Å²) in [6, 6.07) is 15.3. The van der Waals surface area contributed by atoms with Gasteiger partial charge in [0.05, 0.1) is 0 Å². The van der Waals surface area contributed by atoms with E-state index in [4.69, 9.17) is 0 Å². The van der Waals surface area contributed by atoms with Crippen molar-refractivity contribution in [2.24, 2.45) is 0 Å². The molecule has 2 aromatic rings. The molecular formula is C16H19N. The molecule has 0 aliphatic heterocycles. The number of hydrogen-bond donors (Lipinski definition) is 1. The Labute approximate surface area is 103 Å². The van der Waals surface area contributed by atoms with Gasteiger partial charge in [0.25, 0.3) is 0 Å². The average Bonchev–Trinajstić information content (AvgIpc) is 2.32. The van der Waals surface area contributed by atoms with Gasteiger partial charge in [-0.15, -0.1) is 0 Å². The Morgan fingerprint density at radius 3 is 2.53 bits per heavy atom. The fourth-order valence-corrected chi connectivity index (χ4v) is 2.11. The predicted octanol–water partition coefficient (Wildman–Crippen LogP) is 3.69. The number of benzene rings is 2. The number of rotatable bonds is 3. The van der Waals surface area contributed by atoms with Crippen LogP contribution in [0.15, 0.2) is 42.5 Å². The zero-order chi connectivity index (χ0) is 12.3. The molecule has 0 atom stereocenters. The maximum Gasteiger partial charge on any atom is 0.0202 e. The topological polar surface area (TPSA) is 12.0 Å². The Kier molecular flexibility index (Phi) is 3.60. The molecule has 0 spiro atoms. The van der Waals surface area contributed by atoms with Crippen molar-refractivity contribution in [3.8, 4) is 11.1 Å². The van der Waals surface area contributed by atoms with E-state index in [2.05, 4.69) is 61.6 Å². The highest BCUT2D eigenvalue weighted by molar-refractivity contribution is 5.68. The van der Waals surface area contributed by atoms with E-state index in [-0.39, 0.29) is 0 Å². The van der Waals surface area contributed by atoms with E-state index < -0.39 is 0 Å². The minimum absolute atomic E-state index is 0.916. The molecule has 2 rings (SSSR count). The van der Waals surface area contributed by atoms with Gasteiger partial charge in [0, 0.05) is 6.54 Å². The first kappa shape index (κ1) is 11.9. The fourth-order valence-electron chi connectivity index (χ4n) is 2.11. The number of nitrogens with one attached hydrogen (secondary N) is 1. The largest absolute Gasteiger partial charge is 0.316 e. The van der Waals surface area contributed by atoms with Crippen molar-refractivity contribution >= 4 is 0 Å². The quantitative estimate of drug-likeness (QED) is 0.840. The molecule has 2 aromatic carbocycles. The Balaban J connectivity index is 2.46. The summed E-state index contributed by atoms with van der Waals surface area (Å²) in [4.78, 5) is 0. The number of aryl methyl sites for hydroxylation is 2.